The summed E-state index contributed by atoms with van der Waals surface area (Å²) in [5.74, 6) is 0.492. The number of nitrogens with one attached hydrogen (secondary N) is 1. The van der Waals surface area contributed by atoms with Gasteiger partial charge in [-0.2, -0.15) is 4.80 Å². The van der Waals surface area contributed by atoms with E-state index < -0.39 is 0 Å². The Balaban J connectivity index is 1.50. The summed E-state index contributed by atoms with van der Waals surface area (Å²) in [7, 11) is 0. The first kappa shape index (κ1) is 15.6. The standard InChI is InChI=1S/C16H21N5O2/c1-12-5-2-3-6-13(12)9-15-18-20-21(19-15)11-16(22)17-10-14-7-4-8-23-14/h2-3,5-6,14H,4,7-11H2,1H3,(H,17,22). The fraction of sp³-hybridized carbons (Fsp3) is 0.500. The molecule has 1 amide bonds. The van der Waals surface area contributed by atoms with Gasteiger partial charge in [0.05, 0.1) is 6.10 Å². The lowest BCUT2D eigenvalue weighted by Gasteiger charge is -2.10. The molecule has 122 valence electrons. The van der Waals surface area contributed by atoms with Gasteiger partial charge in [-0.25, -0.2) is 0 Å². The monoisotopic (exact) mass is 315 g/mol. The zero-order valence-corrected chi connectivity index (χ0v) is 13.2. The molecule has 1 aromatic carbocycles. The molecule has 7 nitrogen and oxygen atoms in total. The van der Waals surface area contributed by atoms with Crippen LogP contribution in [0.3, 0.4) is 0 Å². The second-order valence-corrected chi connectivity index (χ2v) is 5.78. The van der Waals surface area contributed by atoms with E-state index in [1.54, 1.807) is 0 Å². The maximum atomic E-state index is 11.9. The van der Waals surface area contributed by atoms with Crippen molar-refractivity contribution in [3.05, 3.63) is 41.2 Å². The molecule has 3 rings (SSSR count). The van der Waals surface area contributed by atoms with E-state index >= 15 is 0 Å². The van der Waals surface area contributed by atoms with E-state index in [9.17, 15) is 4.79 Å². The highest BCUT2D eigenvalue weighted by Crippen LogP contribution is 2.11. The highest BCUT2D eigenvalue weighted by atomic mass is 16.5. The van der Waals surface area contributed by atoms with Crippen LogP contribution in [0, 0.1) is 6.92 Å². The Labute approximate surface area is 135 Å². The molecule has 1 atom stereocenters. The molecular weight excluding hydrogens is 294 g/mol. The molecule has 1 aliphatic heterocycles. The first-order chi connectivity index (χ1) is 11.2. The third-order valence-corrected chi connectivity index (χ3v) is 3.94. The maximum absolute atomic E-state index is 11.9. The van der Waals surface area contributed by atoms with Crippen molar-refractivity contribution >= 4 is 5.91 Å². The van der Waals surface area contributed by atoms with Gasteiger partial charge in [0.15, 0.2) is 5.82 Å². The summed E-state index contributed by atoms with van der Waals surface area (Å²) in [6, 6.07) is 8.09. The van der Waals surface area contributed by atoms with Crippen LogP contribution in [0.2, 0.25) is 0 Å². The van der Waals surface area contributed by atoms with Crippen LogP contribution in [0.4, 0.5) is 0 Å². The number of benzene rings is 1. The molecule has 1 unspecified atom stereocenters. The van der Waals surface area contributed by atoms with Crippen LogP contribution in [-0.2, 0) is 22.5 Å². The van der Waals surface area contributed by atoms with Gasteiger partial charge in [-0.05, 0) is 36.1 Å². The molecule has 1 aliphatic rings. The van der Waals surface area contributed by atoms with Crippen molar-refractivity contribution in [1.82, 2.24) is 25.5 Å². The summed E-state index contributed by atoms with van der Waals surface area (Å²) < 4.78 is 5.47. The van der Waals surface area contributed by atoms with Crippen LogP contribution in [0.15, 0.2) is 24.3 Å². The molecular formula is C16H21N5O2. The average molecular weight is 315 g/mol. The normalized spacial score (nSPS) is 17.3. The highest BCUT2D eigenvalue weighted by molar-refractivity contribution is 5.75. The predicted molar refractivity (Wildman–Crippen MR) is 83.8 cm³/mol. The molecule has 23 heavy (non-hydrogen) atoms. The van der Waals surface area contributed by atoms with Gasteiger partial charge in [0.25, 0.3) is 0 Å². The first-order valence-electron chi connectivity index (χ1n) is 7.90. The minimum atomic E-state index is -0.125. The van der Waals surface area contributed by atoms with Crippen LogP contribution in [-0.4, -0.2) is 45.4 Å². The first-order valence-corrected chi connectivity index (χ1v) is 7.90. The summed E-state index contributed by atoms with van der Waals surface area (Å²) in [5, 5.41) is 15.1. The smallest absolute Gasteiger partial charge is 0.243 e. The lowest BCUT2D eigenvalue weighted by Crippen LogP contribution is -2.34. The number of hydrogen-bond donors (Lipinski definition) is 1. The van der Waals surface area contributed by atoms with Gasteiger partial charge < -0.3 is 10.1 Å². The van der Waals surface area contributed by atoms with Crippen molar-refractivity contribution in [2.24, 2.45) is 0 Å². The largest absolute Gasteiger partial charge is 0.376 e. The zero-order valence-electron chi connectivity index (χ0n) is 13.2. The fourth-order valence-electron chi connectivity index (χ4n) is 2.61. The number of carbonyl (C=O) groups excluding carboxylic acids is 1. The summed E-state index contributed by atoms with van der Waals surface area (Å²) in [6.45, 7) is 3.46. The van der Waals surface area contributed by atoms with Gasteiger partial charge in [-0.15, -0.1) is 10.2 Å². The molecule has 0 saturated carbocycles. The van der Waals surface area contributed by atoms with E-state index in [4.69, 9.17) is 4.74 Å². The van der Waals surface area contributed by atoms with E-state index in [0.717, 1.165) is 25.0 Å². The molecule has 2 heterocycles. The van der Waals surface area contributed by atoms with Crippen molar-refractivity contribution in [2.75, 3.05) is 13.2 Å². The molecule has 0 radical (unpaired) electrons. The van der Waals surface area contributed by atoms with Gasteiger partial charge >= 0.3 is 0 Å². The van der Waals surface area contributed by atoms with E-state index in [2.05, 4.69) is 33.7 Å². The summed E-state index contributed by atoms with van der Waals surface area (Å²) in [5.41, 5.74) is 2.35. The van der Waals surface area contributed by atoms with Crippen LogP contribution in [0.1, 0.15) is 29.8 Å². The zero-order chi connectivity index (χ0) is 16.1. The number of hydrogen-bond acceptors (Lipinski definition) is 5. The summed E-state index contributed by atoms with van der Waals surface area (Å²) >= 11 is 0. The number of ether oxygens (including phenoxy) is 1. The van der Waals surface area contributed by atoms with Crippen molar-refractivity contribution in [3.8, 4) is 0 Å². The number of nitrogens with zero attached hydrogens (tertiary/aromatic N) is 4. The molecule has 1 N–H and O–H groups in total. The third kappa shape index (κ3) is 4.35. The number of amides is 1. The lowest BCUT2D eigenvalue weighted by atomic mass is 10.1. The van der Waals surface area contributed by atoms with Crippen LogP contribution in [0.25, 0.3) is 0 Å². The maximum Gasteiger partial charge on any atom is 0.243 e. The number of aromatic nitrogens is 4. The SMILES string of the molecule is Cc1ccccc1Cc1nnn(CC(=O)NCC2CCCO2)n1. The van der Waals surface area contributed by atoms with Gasteiger partial charge in [-0.3, -0.25) is 4.79 Å². The molecule has 0 spiro atoms. The molecule has 0 bridgehead atoms. The summed E-state index contributed by atoms with van der Waals surface area (Å²) in [6.07, 6.45) is 2.82. The Morgan fingerprint density at radius 3 is 3.09 bits per heavy atom. The third-order valence-electron chi connectivity index (χ3n) is 3.94. The van der Waals surface area contributed by atoms with E-state index in [1.807, 2.05) is 18.2 Å². The summed E-state index contributed by atoms with van der Waals surface area (Å²) in [4.78, 5) is 13.2. The van der Waals surface area contributed by atoms with Crippen LogP contribution in [0.5, 0.6) is 0 Å². The minimum absolute atomic E-state index is 0.0769. The number of aryl methyl sites for hydroxylation is 1. The van der Waals surface area contributed by atoms with Gasteiger partial charge in [0.2, 0.25) is 5.91 Å². The van der Waals surface area contributed by atoms with Gasteiger partial charge in [0.1, 0.15) is 6.54 Å². The number of tetrazole rings is 1. The average Bonchev–Trinajstić information content (AvgIpc) is 3.19. The number of rotatable bonds is 6. The molecule has 2 aromatic rings. The van der Waals surface area contributed by atoms with E-state index in [-0.39, 0.29) is 18.6 Å². The second-order valence-electron chi connectivity index (χ2n) is 5.78. The molecule has 0 aliphatic carbocycles. The topological polar surface area (TPSA) is 81.9 Å². The van der Waals surface area contributed by atoms with Crippen LogP contribution < -0.4 is 5.32 Å². The van der Waals surface area contributed by atoms with Crippen molar-refractivity contribution < 1.29 is 9.53 Å². The Bertz CT molecular complexity index is 664. The molecule has 7 heteroatoms. The molecule has 1 aromatic heterocycles. The lowest BCUT2D eigenvalue weighted by molar-refractivity contribution is -0.122. The Morgan fingerprint density at radius 1 is 1.43 bits per heavy atom. The van der Waals surface area contributed by atoms with Crippen LogP contribution >= 0.6 is 0 Å². The predicted octanol–water partition coefficient (Wildman–Crippen LogP) is 0.868. The highest BCUT2D eigenvalue weighted by Gasteiger charge is 2.16. The van der Waals surface area contributed by atoms with E-state index in [0.29, 0.717) is 18.8 Å². The van der Waals surface area contributed by atoms with Crippen molar-refractivity contribution in [2.45, 2.75) is 38.8 Å². The Kier molecular flexibility index (Phi) is 4.97. The minimum Gasteiger partial charge on any atom is -0.376 e. The fourth-order valence-corrected chi connectivity index (χ4v) is 2.61. The van der Waals surface area contributed by atoms with Gasteiger partial charge in [-0.1, -0.05) is 24.3 Å². The van der Waals surface area contributed by atoms with Gasteiger partial charge in [0, 0.05) is 19.6 Å². The quantitative estimate of drug-likeness (QED) is 0.855. The Morgan fingerprint density at radius 2 is 2.30 bits per heavy atom. The van der Waals surface area contributed by atoms with Crippen molar-refractivity contribution in [1.29, 1.82) is 0 Å². The second kappa shape index (κ2) is 7.32. The number of carbonyl (C=O) groups is 1. The van der Waals surface area contributed by atoms with Crippen molar-refractivity contribution in [3.63, 3.8) is 0 Å². The Hall–Kier alpha value is -2.28. The van der Waals surface area contributed by atoms with E-state index in [1.165, 1.54) is 10.4 Å². The molecule has 1 saturated heterocycles. The molecule has 1 fully saturated rings.